The summed E-state index contributed by atoms with van der Waals surface area (Å²) < 4.78 is 26.8. The maximum absolute atomic E-state index is 13.6. The van der Waals surface area contributed by atoms with Crippen LogP contribution in [-0.2, 0) is 0 Å². The van der Waals surface area contributed by atoms with Crippen molar-refractivity contribution in [3.8, 4) is 0 Å². The van der Waals surface area contributed by atoms with E-state index in [4.69, 9.17) is 5.11 Å². The Morgan fingerprint density at radius 2 is 2.25 bits per heavy atom. The molecule has 20 heavy (non-hydrogen) atoms. The van der Waals surface area contributed by atoms with Crippen molar-refractivity contribution < 1.29 is 18.7 Å². The van der Waals surface area contributed by atoms with E-state index in [1.807, 2.05) is 0 Å². The Kier molecular flexibility index (Phi) is 5.03. The van der Waals surface area contributed by atoms with Gasteiger partial charge in [-0.2, -0.15) is 0 Å². The normalized spacial score (nSPS) is 18.2. The van der Waals surface area contributed by atoms with Crippen molar-refractivity contribution in [2.75, 3.05) is 26.2 Å². The third-order valence-corrected chi connectivity index (χ3v) is 3.42. The van der Waals surface area contributed by atoms with E-state index < -0.39 is 17.5 Å². The van der Waals surface area contributed by atoms with Gasteiger partial charge in [-0.05, 0) is 37.6 Å². The molecule has 1 saturated heterocycles. The molecule has 0 saturated carbocycles. The number of aliphatic hydroxyl groups excluding tert-OH is 1. The van der Waals surface area contributed by atoms with Gasteiger partial charge in [-0.1, -0.05) is 0 Å². The molecule has 0 aliphatic carbocycles. The fourth-order valence-corrected chi connectivity index (χ4v) is 2.41. The molecule has 0 aromatic heterocycles. The van der Waals surface area contributed by atoms with Crippen LogP contribution in [0.4, 0.5) is 8.78 Å². The van der Waals surface area contributed by atoms with Crippen molar-refractivity contribution in [2.24, 2.45) is 0 Å². The van der Waals surface area contributed by atoms with Gasteiger partial charge in [0.15, 0.2) is 0 Å². The van der Waals surface area contributed by atoms with Crippen LogP contribution in [0, 0.1) is 11.6 Å². The maximum Gasteiger partial charge on any atom is 0.257 e. The van der Waals surface area contributed by atoms with Crippen molar-refractivity contribution in [3.63, 3.8) is 0 Å². The van der Waals surface area contributed by atoms with E-state index in [0.717, 1.165) is 37.6 Å². The Morgan fingerprint density at radius 1 is 1.45 bits per heavy atom. The molecular weight excluding hydrogens is 266 g/mol. The molecule has 6 heteroatoms. The average molecular weight is 284 g/mol. The van der Waals surface area contributed by atoms with Crippen LogP contribution in [0.15, 0.2) is 18.2 Å². The van der Waals surface area contributed by atoms with Crippen LogP contribution in [-0.4, -0.2) is 48.2 Å². The topological polar surface area (TPSA) is 52.6 Å². The highest BCUT2D eigenvalue weighted by atomic mass is 19.1. The summed E-state index contributed by atoms with van der Waals surface area (Å²) >= 11 is 0. The van der Waals surface area contributed by atoms with Crippen molar-refractivity contribution in [1.29, 1.82) is 0 Å². The fraction of sp³-hybridized carbons (Fsp3) is 0.500. The molecule has 2 N–H and O–H groups in total. The molecule has 1 aromatic carbocycles. The minimum atomic E-state index is -0.751. The van der Waals surface area contributed by atoms with Gasteiger partial charge in [0.05, 0.1) is 12.2 Å². The third kappa shape index (κ3) is 3.52. The second-order valence-corrected chi connectivity index (χ2v) is 4.89. The van der Waals surface area contributed by atoms with Crippen LogP contribution >= 0.6 is 0 Å². The van der Waals surface area contributed by atoms with E-state index in [-0.39, 0.29) is 24.8 Å². The first-order valence-electron chi connectivity index (χ1n) is 6.70. The van der Waals surface area contributed by atoms with Crippen LogP contribution in [0.3, 0.4) is 0 Å². The minimum Gasteiger partial charge on any atom is -0.395 e. The zero-order chi connectivity index (χ0) is 14.5. The number of hydrogen-bond donors (Lipinski definition) is 2. The predicted octanol–water partition coefficient (Wildman–Crippen LogP) is 1.15. The molecule has 1 heterocycles. The second-order valence-electron chi connectivity index (χ2n) is 4.89. The number of nitrogens with zero attached hydrogens (tertiary/aromatic N) is 1. The van der Waals surface area contributed by atoms with Crippen molar-refractivity contribution in [2.45, 2.75) is 18.9 Å². The quantitative estimate of drug-likeness (QED) is 0.853. The van der Waals surface area contributed by atoms with Crippen LogP contribution in [0.5, 0.6) is 0 Å². The summed E-state index contributed by atoms with van der Waals surface area (Å²) in [4.78, 5) is 13.6. The SMILES string of the molecule is O=C(c1cc(F)ccc1F)N(CCO)CC1CCCN1. The molecule has 1 atom stereocenters. The Labute approximate surface area is 116 Å². The minimum absolute atomic E-state index is 0.104. The summed E-state index contributed by atoms with van der Waals surface area (Å²) in [5, 5.41) is 12.3. The number of halogens is 2. The lowest BCUT2D eigenvalue weighted by molar-refractivity contribution is 0.0701. The maximum atomic E-state index is 13.6. The number of amides is 1. The van der Waals surface area contributed by atoms with E-state index in [9.17, 15) is 13.6 Å². The molecule has 110 valence electrons. The van der Waals surface area contributed by atoms with Crippen molar-refractivity contribution >= 4 is 5.91 Å². The van der Waals surface area contributed by atoms with E-state index in [0.29, 0.717) is 6.54 Å². The molecule has 1 unspecified atom stereocenters. The smallest absolute Gasteiger partial charge is 0.257 e. The molecule has 1 aliphatic heterocycles. The summed E-state index contributed by atoms with van der Waals surface area (Å²) in [5.74, 6) is -2.00. The Bertz CT molecular complexity index is 476. The molecule has 0 spiro atoms. The molecule has 1 aliphatic rings. The van der Waals surface area contributed by atoms with Gasteiger partial charge in [-0.3, -0.25) is 4.79 Å². The highest BCUT2D eigenvalue weighted by molar-refractivity contribution is 5.94. The van der Waals surface area contributed by atoms with Gasteiger partial charge >= 0.3 is 0 Å². The van der Waals surface area contributed by atoms with Gasteiger partial charge in [0.25, 0.3) is 5.91 Å². The number of rotatable bonds is 5. The summed E-state index contributed by atoms with van der Waals surface area (Å²) in [6, 6.07) is 2.95. The van der Waals surface area contributed by atoms with Crippen molar-refractivity contribution in [1.82, 2.24) is 10.2 Å². The van der Waals surface area contributed by atoms with Crippen LogP contribution in [0.1, 0.15) is 23.2 Å². The second kappa shape index (κ2) is 6.76. The molecular formula is C14H18F2N2O2. The van der Waals surface area contributed by atoms with Crippen molar-refractivity contribution in [3.05, 3.63) is 35.4 Å². The van der Waals surface area contributed by atoms with Crippen LogP contribution in [0.2, 0.25) is 0 Å². The van der Waals surface area contributed by atoms with E-state index in [1.165, 1.54) is 4.90 Å². The van der Waals surface area contributed by atoms with Gasteiger partial charge in [0.2, 0.25) is 0 Å². The van der Waals surface area contributed by atoms with E-state index in [2.05, 4.69) is 5.32 Å². The molecule has 2 rings (SSSR count). The number of hydrogen-bond acceptors (Lipinski definition) is 3. The number of aliphatic hydroxyl groups is 1. The van der Waals surface area contributed by atoms with E-state index >= 15 is 0 Å². The summed E-state index contributed by atoms with van der Waals surface area (Å²) in [6.07, 6.45) is 1.96. The highest BCUT2D eigenvalue weighted by Crippen LogP contribution is 2.14. The first kappa shape index (κ1) is 14.9. The zero-order valence-corrected chi connectivity index (χ0v) is 11.1. The summed E-state index contributed by atoms with van der Waals surface area (Å²) in [5.41, 5.74) is -0.295. The lowest BCUT2D eigenvalue weighted by Gasteiger charge is -2.25. The van der Waals surface area contributed by atoms with Gasteiger partial charge in [0, 0.05) is 19.1 Å². The first-order chi connectivity index (χ1) is 9.61. The summed E-state index contributed by atoms with van der Waals surface area (Å²) in [7, 11) is 0. The summed E-state index contributed by atoms with van der Waals surface area (Å²) in [6.45, 7) is 1.16. The highest BCUT2D eigenvalue weighted by Gasteiger charge is 2.24. The molecule has 1 amide bonds. The number of carbonyl (C=O) groups excluding carboxylic acids is 1. The van der Waals surface area contributed by atoms with Gasteiger partial charge in [-0.25, -0.2) is 8.78 Å². The molecule has 0 radical (unpaired) electrons. The van der Waals surface area contributed by atoms with Crippen LogP contribution in [0.25, 0.3) is 0 Å². The number of benzene rings is 1. The molecule has 0 bridgehead atoms. The zero-order valence-electron chi connectivity index (χ0n) is 11.1. The number of nitrogens with one attached hydrogen (secondary N) is 1. The Balaban J connectivity index is 2.14. The largest absolute Gasteiger partial charge is 0.395 e. The predicted molar refractivity (Wildman–Crippen MR) is 70.4 cm³/mol. The van der Waals surface area contributed by atoms with Gasteiger partial charge < -0.3 is 15.3 Å². The standard InChI is InChI=1S/C14H18F2N2O2/c15-10-3-4-13(16)12(8-10)14(20)18(6-7-19)9-11-2-1-5-17-11/h3-4,8,11,17,19H,1-2,5-7,9H2. The number of carbonyl (C=O) groups is 1. The average Bonchev–Trinajstić information content (AvgIpc) is 2.93. The van der Waals surface area contributed by atoms with E-state index in [1.54, 1.807) is 0 Å². The third-order valence-electron chi connectivity index (χ3n) is 3.42. The first-order valence-corrected chi connectivity index (χ1v) is 6.70. The molecule has 4 nitrogen and oxygen atoms in total. The molecule has 1 aromatic rings. The lowest BCUT2D eigenvalue weighted by Crippen LogP contribution is -2.42. The van der Waals surface area contributed by atoms with Gasteiger partial charge in [0.1, 0.15) is 11.6 Å². The monoisotopic (exact) mass is 284 g/mol. The van der Waals surface area contributed by atoms with Crippen LogP contribution < -0.4 is 5.32 Å². The lowest BCUT2D eigenvalue weighted by atomic mass is 10.1. The Hall–Kier alpha value is -1.53. The fourth-order valence-electron chi connectivity index (χ4n) is 2.41. The Morgan fingerprint density at radius 3 is 2.90 bits per heavy atom. The molecule has 1 fully saturated rings. The van der Waals surface area contributed by atoms with Gasteiger partial charge in [-0.15, -0.1) is 0 Å².